The van der Waals surface area contributed by atoms with Gasteiger partial charge in [0, 0.05) is 5.54 Å². The van der Waals surface area contributed by atoms with Crippen LogP contribution in [-0.4, -0.2) is 5.54 Å². The summed E-state index contributed by atoms with van der Waals surface area (Å²) in [6.45, 7) is 9.25. The first-order valence-corrected chi connectivity index (χ1v) is 12.4. The van der Waals surface area contributed by atoms with Crippen molar-refractivity contribution in [2.45, 2.75) is 155 Å². The molecule has 1 unspecified atom stereocenters. The normalized spacial score (nSPS) is 13.3. The molecular weight excluding hydrogens is 314 g/mol. The molecule has 26 heavy (non-hydrogen) atoms. The average Bonchev–Trinajstić information content (AvgIpc) is 2.64. The first kappa shape index (κ1) is 26.0. The molecule has 0 aromatic rings. The van der Waals surface area contributed by atoms with Crippen LogP contribution in [0.2, 0.25) is 0 Å². The highest BCUT2D eigenvalue weighted by Crippen LogP contribution is 2.35. The van der Waals surface area contributed by atoms with Gasteiger partial charge in [-0.3, -0.25) is 0 Å². The lowest BCUT2D eigenvalue weighted by molar-refractivity contribution is 0.190. The molecule has 1 heteroatoms. The van der Waals surface area contributed by atoms with E-state index >= 15 is 0 Å². The van der Waals surface area contributed by atoms with Gasteiger partial charge in [-0.1, -0.05) is 124 Å². The second-order valence-corrected chi connectivity index (χ2v) is 8.90. The predicted octanol–water partition coefficient (Wildman–Crippen LogP) is 8.79. The average molecular weight is 368 g/mol. The van der Waals surface area contributed by atoms with Crippen LogP contribution in [0.4, 0.5) is 0 Å². The fraction of sp³-hybridized carbons (Fsp3) is 1.00. The van der Waals surface area contributed by atoms with E-state index in [-0.39, 0.29) is 5.54 Å². The molecule has 0 saturated carbocycles. The molecule has 0 aliphatic carbocycles. The molecule has 0 saturated heterocycles. The predicted molar refractivity (Wildman–Crippen MR) is 121 cm³/mol. The highest BCUT2D eigenvalue weighted by molar-refractivity contribution is 4.91. The van der Waals surface area contributed by atoms with Crippen LogP contribution in [0.3, 0.4) is 0 Å². The van der Waals surface area contributed by atoms with Crippen molar-refractivity contribution in [3.63, 3.8) is 0 Å². The van der Waals surface area contributed by atoms with E-state index < -0.39 is 0 Å². The number of hydrogen-bond acceptors (Lipinski definition) is 1. The number of hydrogen-bond donors (Lipinski definition) is 1. The minimum Gasteiger partial charge on any atom is -0.325 e. The van der Waals surface area contributed by atoms with Gasteiger partial charge in [-0.15, -0.1) is 0 Å². The van der Waals surface area contributed by atoms with Crippen molar-refractivity contribution in [1.82, 2.24) is 0 Å². The van der Waals surface area contributed by atoms with Crippen molar-refractivity contribution in [2.75, 3.05) is 0 Å². The number of rotatable bonds is 20. The Labute approximate surface area is 167 Å². The van der Waals surface area contributed by atoms with Crippen molar-refractivity contribution in [1.29, 1.82) is 0 Å². The summed E-state index contributed by atoms with van der Waals surface area (Å²) >= 11 is 0. The molecule has 0 aromatic carbocycles. The third-order valence-corrected chi connectivity index (χ3v) is 6.37. The Morgan fingerprint density at radius 3 is 1.27 bits per heavy atom. The fourth-order valence-electron chi connectivity index (χ4n) is 4.47. The Balaban J connectivity index is 4.79. The molecular formula is C25H53N. The van der Waals surface area contributed by atoms with Crippen LogP contribution in [0, 0.1) is 5.92 Å². The molecule has 1 atom stereocenters. The smallest absolute Gasteiger partial charge is 0.0182 e. The lowest BCUT2D eigenvalue weighted by Gasteiger charge is -2.39. The fourth-order valence-corrected chi connectivity index (χ4v) is 4.47. The summed E-state index contributed by atoms with van der Waals surface area (Å²) < 4.78 is 0. The van der Waals surface area contributed by atoms with E-state index in [4.69, 9.17) is 5.73 Å². The molecule has 0 heterocycles. The minimum atomic E-state index is 0.113. The van der Waals surface area contributed by atoms with Gasteiger partial charge < -0.3 is 5.73 Å². The standard InChI is InChI=1S/C25H53N/c1-5-9-13-17-21-24(20-16-12-8-4)25(26,22-18-14-10-6-2)23-19-15-11-7-3/h24H,5-23,26H2,1-4H3. The van der Waals surface area contributed by atoms with Gasteiger partial charge in [0.1, 0.15) is 0 Å². The first-order valence-electron chi connectivity index (χ1n) is 12.4. The molecule has 1 nitrogen and oxygen atoms in total. The van der Waals surface area contributed by atoms with Crippen LogP contribution in [0.1, 0.15) is 150 Å². The lowest BCUT2D eigenvalue weighted by atomic mass is 9.72. The summed E-state index contributed by atoms with van der Waals surface area (Å²) in [5.41, 5.74) is 7.32. The van der Waals surface area contributed by atoms with Crippen LogP contribution in [-0.2, 0) is 0 Å². The molecule has 0 radical (unpaired) electrons. The molecule has 0 amide bonds. The summed E-state index contributed by atoms with van der Waals surface area (Å²) in [6, 6.07) is 0. The van der Waals surface area contributed by atoms with E-state index in [0.29, 0.717) is 0 Å². The maximum absolute atomic E-state index is 7.20. The Hall–Kier alpha value is -0.0400. The van der Waals surface area contributed by atoms with Gasteiger partial charge in [-0.05, 0) is 31.6 Å². The highest BCUT2D eigenvalue weighted by atomic mass is 14.8. The Bertz CT molecular complexity index is 261. The molecule has 0 fully saturated rings. The topological polar surface area (TPSA) is 26.0 Å². The largest absolute Gasteiger partial charge is 0.325 e. The molecule has 0 aromatic heterocycles. The van der Waals surface area contributed by atoms with Crippen LogP contribution >= 0.6 is 0 Å². The number of nitrogens with two attached hydrogens (primary N) is 1. The van der Waals surface area contributed by atoms with Gasteiger partial charge in [0.25, 0.3) is 0 Å². The monoisotopic (exact) mass is 367 g/mol. The van der Waals surface area contributed by atoms with Crippen LogP contribution in [0.25, 0.3) is 0 Å². The lowest BCUT2D eigenvalue weighted by Crippen LogP contribution is -2.47. The van der Waals surface area contributed by atoms with E-state index in [1.54, 1.807) is 0 Å². The van der Waals surface area contributed by atoms with Crippen molar-refractivity contribution in [3.8, 4) is 0 Å². The maximum atomic E-state index is 7.20. The molecule has 0 spiro atoms. The van der Waals surface area contributed by atoms with Crippen molar-refractivity contribution >= 4 is 0 Å². The molecule has 0 aliphatic rings. The molecule has 0 aliphatic heterocycles. The van der Waals surface area contributed by atoms with E-state index in [0.717, 1.165) is 5.92 Å². The Morgan fingerprint density at radius 1 is 0.500 bits per heavy atom. The summed E-state index contributed by atoms with van der Waals surface area (Å²) in [7, 11) is 0. The highest BCUT2D eigenvalue weighted by Gasteiger charge is 2.33. The van der Waals surface area contributed by atoms with Gasteiger partial charge in [-0.25, -0.2) is 0 Å². The quantitative estimate of drug-likeness (QED) is 0.214. The third kappa shape index (κ3) is 13.2. The zero-order valence-corrected chi connectivity index (χ0v) is 19.1. The van der Waals surface area contributed by atoms with E-state index in [2.05, 4.69) is 27.7 Å². The maximum Gasteiger partial charge on any atom is 0.0182 e. The van der Waals surface area contributed by atoms with Crippen LogP contribution < -0.4 is 5.73 Å². The molecule has 0 rings (SSSR count). The Kier molecular flexibility index (Phi) is 18.3. The summed E-state index contributed by atoms with van der Waals surface area (Å²) in [5.74, 6) is 0.758. The zero-order chi connectivity index (χ0) is 19.5. The van der Waals surface area contributed by atoms with Gasteiger partial charge in [-0.2, -0.15) is 0 Å². The SMILES string of the molecule is CCCCCCC(CCCCC)C(N)(CCCCCC)CCCCCC. The van der Waals surface area contributed by atoms with Crippen molar-refractivity contribution in [3.05, 3.63) is 0 Å². The van der Waals surface area contributed by atoms with Gasteiger partial charge in [0.05, 0.1) is 0 Å². The van der Waals surface area contributed by atoms with Crippen molar-refractivity contribution in [2.24, 2.45) is 11.7 Å². The van der Waals surface area contributed by atoms with E-state index in [1.165, 1.54) is 122 Å². The van der Waals surface area contributed by atoms with Gasteiger partial charge in [0.15, 0.2) is 0 Å². The first-order chi connectivity index (χ1) is 12.6. The Morgan fingerprint density at radius 2 is 0.846 bits per heavy atom. The number of unbranched alkanes of at least 4 members (excludes halogenated alkanes) is 11. The second kappa shape index (κ2) is 18.3. The van der Waals surface area contributed by atoms with Gasteiger partial charge in [0.2, 0.25) is 0 Å². The molecule has 158 valence electrons. The van der Waals surface area contributed by atoms with E-state index in [1.807, 2.05) is 0 Å². The molecule has 2 N–H and O–H groups in total. The molecule has 0 bridgehead atoms. The summed E-state index contributed by atoms with van der Waals surface area (Å²) in [6.07, 6.45) is 25.8. The summed E-state index contributed by atoms with van der Waals surface area (Å²) in [5, 5.41) is 0. The third-order valence-electron chi connectivity index (χ3n) is 6.37. The van der Waals surface area contributed by atoms with Crippen LogP contribution in [0.5, 0.6) is 0 Å². The minimum absolute atomic E-state index is 0.113. The van der Waals surface area contributed by atoms with Gasteiger partial charge >= 0.3 is 0 Å². The van der Waals surface area contributed by atoms with Crippen LogP contribution in [0.15, 0.2) is 0 Å². The van der Waals surface area contributed by atoms with E-state index in [9.17, 15) is 0 Å². The van der Waals surface area contributed by atoms with Crippen molar-refractivity contribution < 1.29 is 0 Å². The summed E-state index contributed by atoms with van der Waals surface area (Å²) in [4.78, 5) is 0. The second-order valence-electron chi connectivity index (χ2n) is 8.90. The zero-order valence-electron chi connectivity index (χ0n) is 19.1.